The lowest BCUT2D eigenvalue weighted by Crippen LogP contribution is -2.54. The number of nitrogens with zero attached hydrogens (tertiary/aromatic N) is 1. The fraction of sp³-hybridized carbons (Fsp3) is 1.00. The van der Waals surface area contributed by atoms with Gasteiger partial charge < -0.3 is 9.47 Å². The highest BCUT2D eigenvalue weighted by Gasteiger charge is 2.42. The van der Waals surface area contributed by atoms with Crippen molar-refractivity contribution in [3.05, 3.63) is 0 Å². The molecule has 2 aliphatic heterocycles. The summed E-state index contributed by atoms with van der Waals surface area (Å²) >= 11 is 0. The number of ether oxygens (including phenoxy) is 2. The number of rotatable bonds is 0. The first-order valence-corrected chi connectivity index (χ1v) is 4.45. The summed E-state index contributed by atoms with van der Waals surface area (Å²) < 4.78 is 11.2. The Morgan fingerprint density at radius 3 is 3.00 bits per heavy atom. The Labute approximate surface area is 72.6 Å². The molecule has 0 aromatic rings. The average molecular weight is 172 g/mol. The van der Waals surface area contributed by atoms with Crippen molar-refractivity contribution >= 4 is 0 Å². The van der Waals surface area contributed by atoms with Gasteiger partial charge in [-0.3, -0.25) is 5.84 Å². The Kier molecular flexibility index (Phi) is 2.08. The van der Waals surface area contributed by atoms with Gasteiger partial charge >= 0.3 is 0 Å². The molecule has 2 heterocycles. The Morgan fingerprint density at radius 2 is 2.42 bits per heavy atom. The fourth-order valence-corrected chi connectivity index (χ4v) is 2.02. The number of hydrogen-bond donors (Lipinski definition) is 1. The molecule has 2 aliphatic rings. The van der Waals surface area contributed by atoms with Crippen LogP contribution < -0.4 is 5.84 Å². The van der Waals surface area contributed by atoms with E-state index in [2.05, 4.69) is 6.92 Å². The highest BCUT2D eigenvalue weighted by atomic mass is 16.6. The molecule has 4 heteroatoms. The summed E-state index contributed by atoms with van der Waals surface area (Å²) in [6, 6.07) is 0. The molecule has 1 spiro atoms. The van der Waals surface area contributed by atoms with Crippen LogP contribution in [0.2, 0.25) is 0 Å². The van der Waals surface area contributed by atoms with Crippen LogP contribution in [0.25, 0.3) is 0 Å². The molecule has 0 aromatic heterocycles. The molecular formula is C8H16N2O2. The second-order valence-corrected chi connectivity index (χ2v) is 3.83. The summed E-state index contributed by atoms with van der Waals surface area (Å²) in [6.07, 6.45) is 1.29. The molecule has 0 amide bonds. The van der Waals surface area contributed by atoms with E-state index in [-0.39, 0.29) is 5.60 Å². The summed E-state index contributed by atoms with van der Waals surface area (Å²) in [5.41, 5.74) is -0.105. The molecule has 4 nitrogen and oxygen atoms in total. The molecule has 2 atom stereocenters. The normalized spacial score (nSPS) is 44.0. The molecule has 2 fully saturated rings. The second kappa shape index (κ2) is 2.96. The maximum Gasteiger partial charge on any atom is 0.108 e. The molecule has 0 saturated carbocycles. The van der Waals surface area contributed by atoms with Gasteiger partial charge in [0.1, 0.15) is 5.60 Å². The van der Waals surface area contributed by atoms with Crippen LogP contribution in [0.15, 0.2) is 0 Å². The molecule has 12 heavy (non-hydrogen) atoms. The molecule has 70 valence electrons. The van der Waals surface area contributed by atoms with Crippen LogP contribution in [0.5, 0.6) is 0 Å². The molecule has 2 N–H and O–H groups in total. The van der Waals surface area contributed by atoms with E-state index in [9.17, 15) is 0 Å². The predicted molar refractivity (Wildman–Crippen MR) is 44.5 cm³/mol. The van der Waals surface area contributed by atoms with E-state index in [1.54, 1.807) is 0 Å². The first kappa shape index (κ1) is 8.44. The van der Waals surface area contributed by atoms with Crippen molar-refractivity contribution < 1.29 is 9.47 Å². The van der Waals surface area contributed by atoms with Crippen LogP contribution in [-0.2, 0) is 9.47 Å². The third-order valence-electron chi connectivity index (χ3n) is 2.57. The van der Waals surface area contributed by atoms with Crippen molar-refractivity contribution in [2.45, 2.75) is 25.0 Å². The van der Waals surface area contributed by atoms with Crippen molar-refractivity contribution in [3.8, 4) is 0 Å². The highest BCUT2D eigenvalue weighted by molar-refractivity contribution is 4.92. The Hall–Kier alpha value is -0.160. The van der Waals surface area contributed by atoms with E-state index in [1.165, 1.54) is 0 Å². The minimum absolute atomic E-state index is 0.105. The molecule has 2 unspecified atom stereocenters. The van der Waals surface area contributed by atoms with Crippen molar-refractivity contribution in [1.82, 2.24) is 5.01 Å². The van der Waals surface area contributed by atoms with Gasteiger partial charge in [-0.15, -0.1) is 0 Å². The van der Waals surface area contributed by atoms with E-state index in [0.717, 1.165) is 26.1 Å². The maximum absolute atomic E-state index is 5.73. The molecule has 0 aliphatic carbocycles. The van der Waals surface area contributed by atoms with Gasteiger partial charge in [-0.1, -0.05) is 0 Å². The molecule has 0 aromatic carbocycles. The van der Waals surface area contributed by atoms with Gasteiger partial charge in [-0.2, -0.15) is 0 Å². The zero-order chi connectivity index (χ0) is 8.60. The van der Waals surface area contributed by atoms with Gasteiger partial charge in [-0.25, -0.2) is 5.01 Å². The van der Waals surface area contributed by atoms with E-state index in [1.807, 2.05) is 5.01 Å². The predicted octanol–water partition coefficient (Wildman–Crippen LogP) is -0.260. The monoisotopic (exact) mass is 172 g/mol. The summed E-state index contributed by atoms with van der Waals surface area (Å²) in [4.78, 5) is 0. The molecule has 0 bridgehead atoms. The smallest absolute Gasteiger partial charge is 0.108 e. The number of nitrogens with two attached hydrogens (primary N) is 1. The van der Waals surface area contributed by atoms with Gasteiger partial charge in [-0.05, 0) is 6.92 Å². The number of hydrazine groups is 1. The first-order valence-electron chi connectivity index (χ1n) is 4.45. The van der Waals surface area contributed by atoms with Crippen molar-refractivity contribution in [1.29, 1.82) is 0 Å². The van der Waals surface area contributed by atoms with E-state index in [4.69, 9.17) is 15.3 Å². The Bertz CT molecular complexity index is 172. The summed E-state index contributed by atoms with van der Waals surface area (Å²) in [5, 5.41) is 1.82. The molecule has 2 rings (SSSR count). The summed E-state index contributed by atoms with van der Waals surface area (Å²) in [7, 11) is 0. The van der Waals surface area contributed by atoms with Gasteiger partial charge in [0.05, 0.1) is 19.3 Å². The van der Waals surface area contributed by atoms with Crippen LogP contribution in [0.1, 0.15) is 13.3 Å². The van der Waals surface area contributed by atoms with Gasteiger partial charge in [0.15, 0.2) is 0 Å². The minimum atomic E-state index is -0.105. The quantitative estimate of drug-likeness (QED) is 0.511. The third-order valence-corrected chi connectivity index (χ3v) is 2.57. The van der Waals surface area contributed by atoms with E-state index < -0.39 is 0 Å². The molecule has 2 saturated heterocycles. The lowest BCUT2D eigenvalue weighted by atomic mass is 9.99. The zero-order valence-electron chi connectivity index (χ0n) is 7.45. The van der Waals surface area contributed by atoms with Crippen molar-refractivity contribution in [2.75, 3.05) is 26.3 Å². The lowest BCUT2D eigenvalue weighted by Gasteiger charge is -2.37. The second-order valence-electron chi connectivity index (χ2n) is 3.83. The Morgan fingerprint density at radius 1 is 1.58 bits per heavy atom. The van der Waals surface area contributed by atoms with E-state index in [0.29, 0.717) is 12.7 Å². The topological polar surface area (TPSA) is 47.7 Å². The van der Waals surface area contributed by atoms with Crippen LogP contribution >= 0.6 is 0 Å². The van der Waals surface area contributed by atoms with Crippen LogP contribution in [0.3, 0.4) is 0 Å². The summed E-state index contributed by atoms with van der Waals surface area (Å²) in [5.74, 6) is 5.73. The van der Waals surface area contributed by atoms with Crippen LogP contribution in [0, 0.1) is 0 Å². The van der Waals surface area contributed by atoms with Gasteiger partial charge in [0, 0.05) is 19.5 Å². The number of morpholine rings is 1. The standard InChI is InChI=1S/C8H16N2O2/c1-7-4-8(6-11-7)5-10(9)2-3-12-8/h7H,2-6,9H2,1H3. The number of hydrogen-bond acceptors (Lipinski definition) is 4. The SMILES string of the molecule is CC1CC2(CO1)CN(N)CCO2. The van der Waals surface area contributed by atoms with Crippen molar-refractivity contribution in [2.24, 2.45) is 5.84 Å². The summed E-state index contributed by atoms with van der Waals surface area (Å²) in [6.45, 7) is 5.13. The fourth-order valence-electron chi connectivity index (χ4n) is 2.02. The Balaban J connectivity index is 2.00. The molecule has 0 radical (unpaired) electrons. The van der Waals surface area contributed by atoms with E-state index >= 15 is 0 Å². The van der Waals surface area contributed by atoms with Gasteiger partial charge in [0.25, 0.3) is 0 Å². The molecular weight excluding hydrogens is 156 g/mol. The lowest BCUT2D eigenvalue weighted by molar-refractivity contribution is -0.109. The first-order chi connectivity index (χ1) is 5.70. The van der Waals surface area contributed by atoms with Crippen molar-refractivity contribution in [3.63, 3.8) is 0 Å². The largest absolute Gasteiger partial charge is 0.375 e. The highest BCUT2D eigenvalue weighted by Crippen LogP contribution is 2.29. The van der Waals surface area contributed by atoms with Gasteiger partial charge in [0.2, 0.25) is 0 Å². The van der Waals surface area contributed by atoms with Crippen LogP contribution in [0.4, 0.5) is 0 Å². The average Bonchev–Trinajstić information content (AvgIpc) is 2.32. The van der Waals surface area contributed by atoms with Crippen LogP contribution in [-0.4, -0.2) is 43.0 Å². The third kappa shape index (κ3) is 1.47. The maximum atomic E-state index is 5.73. The zero-order valence-corrected chi connectivity index (χ0v) is 7.45. The minimum Gasteiger partial charge on any atom is -0.375 e.